The van der Waals surface area contributed by atoms with Crippen molar-refractivity contribution in [2.24, 2.45) is 0 Å². The number of piperazine rings is 1. The summed E-state index contributed by atoms with van der Waals surface area (Å²) in [6.07, 6.45) is 1.60. The molecule has 1 aliphatic rings. The average molecular weight is 589 g/mol. The molecule has 0 radical (unpaired) electrons. The number of aromatic nitrogens is 5. The second-order valence-electron chi connectivity index (χ2n) is 11.1. The number of aryl methyl sites for hydroxylation is 1. The average Bonchev–Trinajstić information content (AvgIpc) is 3.45. The summed E-state index contributed by atoms with van der Waals surface area (Å²) < 4.78 is 11.1. The summed E-state index contributed by atoms with van der Waals surface area (Å²) in [4.78, 5) is 34.6. The molecule has 0 unspecified atom stereocenters. The third-order valence-corrected chi connectivity index (χ3v) is 6.65. The van der Waals surface area contributed by atoms with Gasteiger partial charge >= 0.3 is 6.03 Å². The molecule has 0 atom stereocenters. The molecule has 4 heterocycles. The molecule has 5 rings (SSSR count). The van der Waals surface area contributed by atoms with E-state index < -0.39 is 6.03 Å². The van der Waals surface area contributed by atoms with Crippen molar-refractivity contribution < 1.29 is 19.2 Å². The van der Waals surface area contributed by atoms with E-state index in [1.54, 1.807) is 48.7 Å². The molecule has 1 aromatic carbocycles. The number of aliphatic hydroxyl groups excluding tert-OH is 1. The zero-order chi connectivity index (χ0) is 30.4. The van der Waals surface area contributed by atoms with Crippen LogP contribution in [0.15, 0.2) is 53.2 Å². The number of anilines is 5. The lowest BCUT2D eigenvalue weighted by Crippen LogP contribution is -2.47. The van der Waals surface area contributed by atoms with Gasteiger partial charge in [-0.3, -0.25) is 10.2 Å². The molecule has 1 fully saturated rings. The summed E-state index contributed by atoms with van der Waals surface area (Å²) in [7, 11) is 0. The van der Waals surface area contributed by atoms with E-state index >= 15 is 0 Å². The van der Waals surface area contributed by atoms with Gasteiger partial charge in [0.2, 0.25) is 17.8 Å². The predicted octanol–water partition coefficient (Wildman–Crippen LogP) is 4.15. The van der Waals surface area contributed by atoms with Gasteiger partial charge in [0.15, 0.2) is 0 Å². The first-order chi connectivity index (χ1) is 20.6. The van der Waals surface area contributed by atoms with E-state index in [1.165, 1.54) is 0 Å². The van der Waals surface area contributed by atoms with E-state index in [4.69, 9.17) is 14.4 Å². The molecule has 0 saturated carbocycles. The number of benzene rings is 1. The lowest BCUT2D eigenvalue weighted by Gasteiger charge is -2.34. The van der Waals surface area contributed by atoms with E-state index in [1.807, 2.05) is 27.7 Å². The Morgan fingerprint density at radius 2 is 1.74 bits per heavy atom. The molecule has 0 aliphatic carbocycles. The van der Waals surface area contributed by atoms with E-state index in [0.717, 1.165) is 31.9 Å². The highest BCUT2D eigenvalue weighted by atomic mass is 16.5. The van der Waals surface area contributed by atoms with Gasteiger partial charge in [0.05, 0.1) is 18.5 Å². The highest BCUT2D eigenvalue weighted by molar-refractivity contribution is 5.98. The normalized spacial score (nSPS) is 13.9. The van der Waals surface area contributed by atoms with E-state index in [9.17, 15) is 4.79 Å². The van der Waals surface area contributed by atoms with Gasteiger partial charge in [-0.2, -0.15) is 15.0 Å². The van der Waals surface area contributed by atoms with Crippen LogP contribution < -0.4 is 25.6 Å². The Bertz CT molecular complexity index is 1510. The molecule has 4 N–H and O–H groups in total. The van der Waals surface area contributed by atoms with E-state index in [0.29, 0.717) is 47.3 Å². The zero-order valence-corrected chi connectivity index (χ0v) is 24.7. The summed E-state index contributed by atoms with van der Waals surface area (Å²) in [6.45, 7) is 11.9. The molecule has 226 valence electrons. The van der Waals surface area contributed by atoms with Gasteiger partial charge in [0.1, 0.15) is 23.1 Å². The van der Waals surface area contributed by atoms with Gasteiger partial charge < -0.3 is 29.9 Å². The minimum Gasteiger partial charge on any atom is -0.456 e. The number of aliphatic hydroxyl groups is 1. The van der Waals surface area contributed by atoms with Gasteiger partial charge in [0, 0.05) is 49.9 Å². The van der Waals surface area contributed by atoms with Crippen LogP contribution in [-0.4, -0.2) is 80.5 Å². The van der Waals surface area contributed by atoms with Crippen LogP contribution in [0.2, 0.25) is 0 Å². The Morgan fingerprint density at radius 3 is 2.40 bits per heavy atom. The maximum Gasteiger partial charge on any atom is 0.326 e. The van der Waals surface area contributed by atoms with Gasteiger partial charge in [0.25, 0.3) is 0 Å². The summed E-state index contributed by atoms with van der Waals surface area (Å²) in [6, 6.07) is 11.8. The largest absolute Gasteiger partial charge is 0.456 e. The molecule has 0 spiro atoms. The predicted molar refractivity (Wildman–Crippen MR) is 162 cm³/mol. The Labute approximate surface area is 249 Å². The molecular weight excluding hydrogens is 552 g/mol. The van der Waals surface area contributed by atoms with E-state index in [-0.39, 0.29) is 17.9 Å². The number of carbonyl (C=O) groups is 1. The zero-order valence-electron chi connectivity index (χ0n) is 24.7. The number of hydrogen-bond acceptors (Lipinski definition) is 12. The SMILES string of the molecule is Cc1nc(Nc2ccc(Oc3ccc(NC(=O)Nc4cc(C(C)(C)C)no4)cc3)cn2)nc(N2CCN(CCO)CC2)n1. The molecule has 1 aliphatic heterocycles. The van der Waals surface area contributed by atoms with Crippen LogP contribution >= 0.6 is 0 Å². The number of nitrogens with one attached hydrogen (secondary N) is 3. The molecule has 14 heteroatoms. The minimum atomic E-state index is -0.446. The second kappa shape index (κ2) is 13.0. The number of pyridine rings is 1. The lowest BCUT2D eigenvalue weighted by molar-refractivity contribution is 0.188. The van der Waals surface area contributed by atoms with Gasteiger partial charge in [-0.25, -0.2) is 9.78 Å². The first kappa shape index (κ1) is 29.7. The fourth-order valence-corrected chi connectivity index (χ4v) is 4.31. The van der Waals surface area contributed by atoms with Crippen LogP contribution in [0.3, 0.4) is 0 Å². The number of nitrogens with zero attached hydrogens (tertiary/aromatic N) is 7. The van der Waals surface area contributed by atoms with Crippen molar-refractivity contribution in [2.45, 2.75) is 33.1 Å². The van der Waals surface area contributed by atoms with Crippen LogP contribution in [0, 0.1) is 6.92 Å². The summed E-state index contributed by atoms with van der Waals surface area (Å²) in [5, 5.41) is 21.7. The van der Waals surface area contributed by atoms with E-state index in [2.05, 4.69) is 50.8 Å². The maximum absolute atomic E-state index is 12.4. The van der Waals surface area contributed by atoms with Crippen molar-refractivity contribution in [3.8, 4) is 11.5 Å². The monoisotopic (exact) mass is 588 g/mol. The standard InChI is InChI=1S/C29H36N10O4/c1-19-31-26(36-27(32-19)39-13-11-38(12-14-39)15-16-40)34-24-10-9-22(18-30-24)42-21-7-5-20(6-8-21)33-28(41)35-25-17-23(37-43-25)29(2,3)4/h5-10,17-18,40H,11-16H2,1-4H3,(H2,33,35,41)(H,30,31,32,34,36). The number of hydrogen-bond donors (Lipinski definition) is 4. The number of amides is 2. The molecule has 1 saturated heterocycles. The van der Waals surface area contributed by atoms with Crippen LogP contribution in [-0.2, 0) is 5.41 Å². The number of carbonyl (C=O) groups excluding carboxylic acids is 1. The van der Waals surface area contributed by atoms with Gasteiger partial charge in [-0.05, 0) is 43.3 Å². The molecular formula is C29H36N10O4. The summed E-state index contributed by atoms with van der Waals surface area (Å²) in [5.74, 6) is 3.57. The van der Waals surface area contributed by atoms with Crippen molar-refractivity contribution in [1.29, 1.82) is 0 Å². The number of rotatable bonds is 9. The molecule has 0 bridgehead atoms. The van der Waals surface area contributed by atoms with Crippen molar-refractivity contribution in [2.75, 3.05) is 60.2 Å². The van der Waals surface area contributed by atoms with Gasteiger partial charge in [-0.1, -0.05) is 25.9 Å². The highest BCUT2D eigenvalue weighted by Crippen LogP contribution is 2.26. The molecule has 4 aromatic rings. The van der Waals surface area contributed by atoms with Crippen LogP contribution in [0.4, 0.5) is 34.1 Å². The maximum atomic E-state index is 12.4. The van der Waals surface area contributed by atoms with Crippen molar-refractivity contribution in [3.05, 3.63) is 60.2 Å². The van der Waals surface area contributed by atoms with Crippen molar-refractivity contribution in [1.82, 2.24) is 30.0 Å². The van der Waals surface area contributed by atoms with Gasteiger partial charge in [-0.15, -0.1) is 0 Å². The first-order valence-corrected chi connectivity index (χ1v) is 14.0. The first-order valence-electron chi connectivity index (χ1n) is 14.0. The third kappa shape index (κ3) is 8.14. The third-order valence-electron chi connectivity index (χ3n) is 6.65. The number of β-amino-alcohol motifs (C(OH)–C–C–N with tert-alkyl or cyclic N) is 1. The minimum absolute atomic E-state index is 0.157. The Hall–Kier alpha value is -4.82. The summed E-state index contributed by atoms with van der Waals surface area (Å²) >= 11 is 0. The van der Waals surface area contributed by atoms with Crippen molar-refractivity contribution >= 4 is 35.3 Å². The highest BCUT2D eigenvalue weighted by Gasteiger charge is 2.21. The quantitative estimate of drug-likeness (QED) is 0.221. The van der Waals surface area contributed by atoms with Crippen molar-refractivity contribution in [3.63, 3.8) is 0 Å². The van der Waals surface area contributed by atoms with Crippen LogP contribution in [0.1, 0.15) is 32.3 Å². The molecule has 14 nitrogen and oxygen atoms in total. The number of ether oxygens (including phenoxy) is 1. The van der Waals surface area contributed by atoms with Crippen LogP contribution in [0.5, 0.6) is 11.5 Å². The molecule has 43 heavy (non-hydrogen) atoms. The fraction of sp³-hybridized carbons (Fsp3) is 0.379. The molecule has 2 amide bonds. The molecule has 3 aromatic heterocycles. The topological polar surface area (TPSA) is 167 Å². The smallest absolute Gasteiger partial charge is 0.326 e. The van der Waals surface area contributed by atoms with Crippen LogP contribution in [0.25, 0.3) is 0 Å². The lowest BCUT2D eigenvalue weighted by atomic mass is 9.92. The Kier molecular flexibility index (Phi) is 8.97. The second-order valence-corrected chi connectivity index (χ2v) is 11.1. The Morgan fingerprint density at radius 1 is 1.00 bits per heavy atom. The fourth-order valence-electron chi connectivity index (χ4n) is 4.31. The number of urea groups is 1. The Balaban J connectivity index is 1.13. The summed E-state index contributed by atoms with van der Waals surface area (Å²) in [5.41, 5.74) is 1.15.